The quantitative estimate of drug-likeness (QED) is 0.618. The molecule has 0 atom stereocenters. The molecular weight excluding hydrogens is 236 g/mol. The molecule has 0 aliphatic heterocycles. The van der Waals surface area contributed by atoms with Gasteiger partial charge in [-0.25, -0.2) is 4.98 Å². The van der Waals surface area contributed by atoms with Crippen molar-refractivity contribution in [3.8, 4) is 11.3 Å². The first kappa shape index (κ1) is 10.2. The molecule has 0 aliphatic rings. The van der Waals surface area contributed by atoms with Crippen molar-refractivity contribution in [2.75, 3.05) is 0 Å². The van der Waals surface area contributed by atoms with Crippen LogP contribution in [0.5, 0.6) is 0 Å². The third-order valence-electron chi connectivity index (χ3n) is 2.55. The Labute approximate surface area is 103 Å². The molecule has 17 heavy (non-hydrogen) atoms. The summed E-state index contributed by atoms with van der Waals surface area (Å²) in [7, 11) is 0. The first-order valence-corrected chi connectivity index (χ1v) is 5.56. The topological polar surface area (TPSA) is 43.1 Å². The summed E-state index contributed by atoms with van der Waals surface area (Å²) in [6.07, 6.45) is 1.59. The number of halogens is 1. The lowest BCUT2D eigenvalue weighted by Crippen LogP contribution is -1.96. The molecule has 4 nitrogen and oxygen atoms in total. The maximum absolute atomic E-state index is 5.99. The molecular formula is C12H9ClN4. The molecule has 5 heteroatoms. The Morgan fingerprint density at radius 2 is 2.12 bits per heavy atom. The van der Waals surface area contributed by atoms with Gasteiger partial charge in [-0.1, -0.05) is 40.6 Å². The van der Waals surface area contributed by atoms with Crippen molar-refractivity contribution in [2.45, 2.75) is 6.92 Å². The van der Waals surface area contributed by atoms with E-state index < -0.39 is 0 Å². The maximum Gasteiger partial charge on any atom is 0.177 e. The number of nitrogens with zero attached hydrogens (tertiary/aromatic N) is 4. The van der Waals surface area contributed by atoms with Gasteiger partial charge in [-0.05, 0) is 13.0 Å². The van der Waals surface area contributed by atoms with Crippen LogP contribution in [0.4, 0.5) is 0 Å². The fourth-order valence-electron chi connectivity index (χ4n) is 1.80. The summed E-state index contributed by atoms with van der Waals surface area (Å²) in [6, 6.07) is 9.93. The van der Waals surface area contributed by atoms with Crippen molar-refractivity contribution in [2.24, 2.45) is 0 Å². The van der Waals surface area contributed by atoms with Crippen molar-refractivity contribution >= 4 is 17.2 Å². The highest BCUT2D eigenvalue weighted by Crippen LogP contribution is 2.23. The lowest BCUT2D eigenvalue weighted by Gasteiger charge is -2.05. The van der Waals surface area contributed by atoms with Gasteiger partial charge in [0.15, 0.2) is 5.65 Å². The fraction of sp³-hybridized carbons (Fsp3) is 0.0833. The van der Waals surface area contributed by atoms with Gasteiger partial charge in [0, 0.05) is 11.6 Å². The number of hydrogen-bond acceptors (Lipinski definition) is 3. The lowest BCUT2D eigenvalue weighted by molar-refractivity contribution is 0.853. The van der Waals surface area contributed by atoms with E-state index in [0.29, 0.717) is 10.8 Å². The maximum atomic E-state index is 5.99. The van der Waals surface area contributed by atoms with Gasteiger partial charge in [-0.15, -0.1) is 5.10 Å². The zero-order chi connectivity index (χ0) is 11.8. The van der Waals surface area contributed by atoms with Gasteiger partial charge in [-0.3, -0.25) is 0 Å². The van der Waals surface area contributed by atoms with Gasteiger partial charge in [-0.2, -0.15) is 4.52 Å². The van der Waals surface area contributed by atoms with Crippen LogP contribution in [0, 0.1) is 6.92 Å². The highest BCUT2D eigenvalue weighted by Gasteiger charge is 2.08. The van der Waals surface area contributed by atoms with E-state index in [2.05, 4.69) is 21.4 Å². The van der Waals surface area contributed by atoms with E-state index in [0.717, 1.165) is 11.3 Å². The average Bonchev–Trinajstić information content (AvgIpc) is 2.75. The van der Waals surface area contributed by atoms with E-state index in [9.17, 15) is 0 Å². The Balaban J connectivity index is 2.32. The van der Waals surface area contributed by atoms with Crippen LogP contribution < -0.4 is 0 Å². The van der Waals surface area contributed by atoms with Crippen LogP contribution in [0.15, 0.2) is 36.5 Å². The largest absolute Gasteiger partial charge is 0.215 e. The Bertz CT molecular complexity index is 690. The molecule has 0 saturated heterocycles. The fourth-order valence-corrected chi connectivity index (χ4v) is 1.99. The number of hydrogen-bond donors (Lipinski definition) is 0. The lowest BCUT2D eigenvalue weighted by atomic mass is 10.1. The molecule has 0 unspecified atom stereocenters. The first-order chi connectivity index (χ1) is 8.24. The monoisotopic (exact) mass is 244 g/mol. The van der Waals surface area contributed by atoms with E-state index in [1.807, 2.05) is 25.1 Å². The summed E-state index contributed by atoms with van der Waals surface area (Å²) in [4.78, 5) is 4.15. The summed E-state index contributed by atoms with van der Waals surface area (Å²) in [5.74, 6) is 0. The third kappa shape index (κ3) is 1.76. The summed E-state index contributed by atoms with van der Waals surface area (Å²) in [5, 5.41) is 8.30. The van der Waals surface area contributed by atoms with Crippen molar-refractivity contribution in [1.82, 2.24) is 19.8 Å². The summed E-state index contributed by atoms with van der Waals surface area (Å²) in [5.41, 5.74) is 3.77. The number of rotatable bonds is 1. The minimum absolute atomic E-state index is 0.441. The van der Waals surface area contributed by atoms with Gasteiger partial charge < -0.3 is 0 Å². The number of aromatic nitrogens is 4. The second kappa shape index (κ2) is 3.82. The van der Waals surface area contributed by atoms with Crippen molar-refractivity contribution < 1.29 is 0 Å². The number of fused-ring (bicyclic) bond motifs is 1. The summed E-state index contributed by atoms with van der Waals surface area (Å²) < 4.78 is 1.68. The molecule has 0 aliphatic carbocycles. The van der Waals surface area contributed by atoms with E-state index in [1.165, 1.54) is 5.56 Å². The van der Waals surface area contributed by atoms with Gasteiger partial charge in [0.05, 0.1) is 11.9 Å². The molecule has 1 aromatic carbocycles. The van der Waals surface area contributed by atoms with Gasteiger partial charge in [0.25, 0.3) is 0 Å². The highest BCUT2D eigenvalue weighted by atomic mass is 35.5. The first-order valence-electron chi connectivity index (χ1n) is 5.18. The molecule has 0 N–H and O–H groups in total. The predicted molar refractivity (Wildman–Crippen MR) is 66.0 cm³/mol. The smallest absolute Gasteiger partial charge is 0.177 e. The van der Waals surface area contributed by atoms with Crippen LogP contribution in [0.3, 0.4) is 0 Å². The summed E-state index contributed by atoms with van der Waals surface area (Å²) >= 11 is 5.99. The molecule has 0 radical (unpaired) electrons. The Hall–Kier alpha value is -1.94. The molecule has 3 rings (SSSR count). The minimum atomic E-state index is 0.441. The number of benzene rings is 1. The Kier molecular flexibility index (Phi) is 2.30. The van der Waals surface area contributed by atoms with E-state index >= 15 is 0 Å². The predicted octanol–water partition coefficient (Wildman–Crippen LogP) is 2.75. The standard InChI is InChI=1S/C12H9ClN4/c1-8-3-2-4-9(5-8)10-6-11(13)15-12-7-14-16-17(10)12/h2-7H,1H3. The van der Waals surface area contributed by atoms with Crippen molar-refractivity contribution in [3.63, 3.8) is 0 Å². The van der Waals surface area contributed by atoms with Crippen molar-refractivity contribution in [3.05, 3.63) is 47.2 Å². The van der Waals surface area contributed by atoms with Crippen LogP contribution in [-0.2, 0) is 0 Å². The van der Waals surface area contributed by atoms with Crippen LogP contribution in [0.2, 0.25) is 5.15 Å². The summed E-state index contributed by atoms with van der Waals surface area (Å²) in [6.45, 7) is 2.05. The average molecular weight is 245 g/mol. The minimum Gasteiger partial charge on any atom is -0.215 e. The molecule has 0 saturated carbocycles. The Morgan fingerprint density at radius 1 is 1.24 bits per heavy atom. The molecule has 3 aromatic rings. The van der Waals surface area contributed by atoms with Gasteiger partial charge >= 0.3 is 0 Å². The van der Waals surface area contributed by atoms with E-state index in [1.54, 1.807) is 16.8 Å². The zero-order valence-corrected chi connectivity index (χ0v) is 9.89. The van der Waals surface area contributed by atoms with Gasteiger partial charge in [0.2, 0.25) is 0 Å². The molecule has 0 fully saturated rings. The molecule has 0 bridgehead atoms. The van der Waals surface area contributed by atoms with Crippen LogP contribution >= 0.6 is 11.6 Å². The highest BCUT2D eigenvalue weighted by molar-refractivity contribution is 6.29. The van der Waals surface area contributed by atoms with Crippen LogP contribution in [0.25, 0.3) is 16.9 Å². The van der Waals surface area contributed by atoms with Crippen molar-refractivity contribution in [1.29, 1.82) is 0 Å². The van der Waals surface area contributed by atoms with Gasteiger partial charge in [0.1, 0.15) is 5.15 Å². The molecule has 84 valence electrons. The van der Waals surface area contributed by atoms with Crippen LogP contribution in [-0.4, -0.2) is 19.8 Å². The van der Waals surface area contributed by atoms with E-state index in [4.69, 9.17) is 11.6 Å². The second-order valence-electron chi connectivity index (χ2n) is 3.84. The van der Waals surface area contributed by atoms with Crippen LogP contribution in [0.1, 0.15) is 5.56 Å². The van der Waals surface area contributed by atoms with E-state index in [-0.39, 0.29) is 0 Å². The SMILES string of the molecule is Cc1cccc(-c2cc(Cl)nc3cnnn23)c1. The number of aryl methyl sites for hydroxylation is 1. The molecule has 2 heterocycles. The zero-order valence-electron chi connectivity index (χ0n) is 9.13. The second-order valence-corrected chi connectivity index (χ2v) is 4.22. The molecule has 2 aromatic heterocycles. The molecule has 0 amide bonds. The molecule has 0 spiro atoms. The normalized spacial score (nSPS) is 10.9. The Morgan fingerprint density at radius 3 is 2.94 bits per heavy atom. The third-order valence-corrected chi connectivity index (χ3v) is 2.74.